The van der Waals surface area contributed by atoms with Gasteiger partial charge >= 0.3 is 0 Å². The molecule has 1 heterocycles. The van der Waals surface area contributed by atoms with Crippen molar-refractivity contribution < 1.29 is 9.53 Å². The molecule has 2 aliphatic rings. The zero-order valence-electron chi connectivity index (χ0n) is 9.69. The molecule has 0 unspecified atom stereocenters. The molecule has 17 heavy (non-hydrogen) atoms. The average Bonchev–Trinajstić information content (AvgIpc) is 3.21. The summed E-state index contributed by atoms with van der Waals surface area (Å²) in [7, 11) is 0. The van der Waals surface area contributed by atoms with Gasteiger partial charge < -0.3 is 10.1 Å². The number of carbonyl (C=O) groups is 1. The first-order valence-electron chi connectivity index (χ1n) is 6.21. The molecule has 0 atom stereocenters. The van der Waals surface area contributed by atoms with E-state index >= 15 is 0 Å². The lowest BCUT2D eigenvalue weighted by Gasteiger charge is -2.06. The van der Waals surface area contributed by atoms with Crippen LogP contribution in [0.25, 0.3) is 0 Å². The Hall–Kier alpha value is -1.58. The van der Waals surface area contributed by atoms with Gasteiger partial charge in [-0.15, -0.1) is 0 Å². The maximum absolute atomic E-state index is 11.8. The number of aromatic nitrogens is 1. The van der Waals surface area contributed by atoms with Crippen LogP contribution >= 0.6 is 0 Å². The molecule has 2 aliphatic carbocycles. The summed E-state index contributed by atoms with van der Waals surface area (Å²) in [5.74, 6) is 1.23. The lowest BCUT2D eigenvalue weighted by atomic mass is 10.2. The summed E-state index contributed by atoms with van der Waals surface area (Å²) in [6.45, 7) is 0.723. The van der Waals surface area contributed by atoms with Crippen molar-refractivity contribution in [2.45, 2.75) is 31.7 Å². The van der Waals surface area contributed by atoms with Gasteiger partial charge in [-0.2, -0.15) is 0 Å². The molecule has 1 amide bonds. The normalized spacial score (nSPS) is 18.8. The maximum atomic E-state index is 11.8. The molecular formula is C13H16N2O2. The van der Waals surface area contributed by atoms with Crippen molar-refractivity contribution in [2.75, 3.05) is 6.61 Å². The van der Waals surface area contributed by atoms with Crippen LogP contribution in [0.5, 0.6) is 5.88 Å². The molecule has 4 heteroatoms. The largest absolute Gasteiger partial charge is 0.477 e. The fourth-order valence-electron chi connectivity index (χ4n) is 1.61. The molecule has 1 aromatic heterocycles. The highest BCUT2D eigenvalue weighted by Crippen LogP contribution is 2.29. The van der Waals surface area contributed by atoms with Crippen LogP contribution < -0.4 is 10.1 Å². The number of pyridine rings is 1. The minimum Gasteiger partial charge on any atom is -0.477 e. The molecule has 0 aliphatic heterocycles. The standard InChI is InChI=1S/C13H16N2O2/c16-13(15-11-3-4-11)10-5-6-14-12(7-10)17-8-9-1-2-9/h5-7,9,11H,1-4,8H2,(H,15,16). The molecule has 0 radical (unpaired) electrons. The molecule has 3 rings (SSSR count). The minimum atomic E-state index is -0.0221. The van der Waals surface area contributed by atoms with E-state index in [1.807, 2.05) is 0 Å². The fraction of sp³-hybridized carbons (Fsp3) is 0.538. The van der Waals surface area contributed by atoms with Crippen LogP contribution in [0.2, 0.25) is 0 Å². The minimum absolute atomic E-state index is 0.0221. The Labute approximate surface area is 100 Å². The van der Waals surface area contributed by atoms with Gasteiger partial charge in [-0.1, -0.05) is 0 Å². The lowest BCUT2D eigenvalue weighted by Crippen LogP contribution is -2.25. The van der Waals surface area contributed by atoms with Gasteiger partial charge in [0.05, 0.1) is 6.61 Å². The van der Waals surface area contributed by atoms with Gasteiger partial charge in [0, 0.05) is 23.9 Å². The monoisotopic (exact) mass is 232 g/mol. The van der Waals surface area contributed by atoms with Crippen LogP contribution in [0.3, 0.4) is 0 Å². The van der Waals surface area contributed by atoms with Crippen LogP contribution in [0.1, 0.15) is 36.0 Å². The second-order valence-electron chi connectivity index (χ2n) is 4.88. The Bertz CT molecular complexity index is 425. The number of hydrogen-bond acceptors (Lipinski definition) is 3. The molecule has 2 saturated carbocycles. The quantitative estimate of drug-likeness (QED) is 0.841. The first-order chi connectivity index (χ1) is 8.31. The highest BCUT2D eigenvalue weighted by atomic mass is 16.5. The summed E-state index contributed by atoms with van der Waals surface area (Å²) in [6, 6.07) is 3.83. The predicted molar refractivity (Wildman–Crippen MR) is 62.9 cm³/mol. The Morgan fingerprint density at radius 1 is 1.41 bits per heavy atom. The van der Waals surface area contributed by atoms with E-state index < -0.39 is 0 Å². The number of rotatable bonds is 5. The average molecular weight is 232 g/mol. The summed E-state index contributed by atoms with van der Waals surface area (Å²) in [6.07, 6.45) is 6.33. The molecule has 90 valence electrons. The number of amides is 1. The van der Waals surface area contributed by atoms with Gasteiger partial charge in [-0.05, 0) is 37.7 Å². The van der Waals surface area contributed by atoms with E-state index in [-0.39, 0.29) is 5.91 Å². The smallest absolute Gasteiger partial charge is 0.251 e. The van der Waals surface area contributed by atoms with Gasteiger partial charge in [0.1, 0.15) is 0 Å². The van der Waals surface area contributed by atoms with Crippen LogP contribution in [0.4, 0.5) is 0 Å². The number of carbonyl (C=O) groups excluding carboxylic acids is 1. The van der Waals surface area contributed by atoms with Crippen molar-refractivity contribution in [3.05, 3.63) is 23.9 Å². The number of ether oxygens (including phenoxy) is 1. The number of nitrogens with one attached hydrogen (secondary N) is 1. The Balaban J connectivity index is 1.61. The molecule has 4 nitrogen and oxygen atoms in total. The summed E-state index contributed by atoms with van der Waals surface area (Å²) >= 11 is 0. The first kappa shape index (κ1) is 10.6. The highest BCUT2D eigenvalue weighted by Gasteiger charge is 2.24. The van der Waals surface area contributed by atoms with Crippen molar-refractivity contribution in [2.24, 2.45) is 5.92 Å². The van der Waals surface area contributed by atoms with Crippen LogP contribution in [-0.4, -0.2) is 23.5 Å². The van der Waals surface area contributed by atoms with E-state index in [0.29, 0.717) is 23.4 Å². The number of hydrogen-bond donors (Lipinski definition) is 1. The van der Waals surface area contributed by atoms with E-state index in [1.165, 1.54) is 12.8 Å². The van der Waals surface area contributed by atoms with Gasteiger partial charge in [0.25, 0.3) is 5.91 Å². The van der Waals surface area contributed by atoms with Gasteiger partial charge in [-0.3, -0.25) is 4.79 Å². The Morgan fingerprint density at radius 3 is 2.94 bits per heavy atom. The van der Waals surface area contributed by atoms with E-state index in [2.05, 4.69) is 10.3 Å². The third-order valence-corrected chi connectivity index (χ3v) is 3.07. The van der Waals surface area contributed by atoms with E-state index in [9.17, 15) is 4.79 Å². The third kappa shape index (κ3) is 2.96. The zero-order chi connectivity index (χ0) is 11.7. The van der Waals surface area contributed by atoms with Crippen molar-refractivity contribution in [3.8, 4) is 5.88 Å². The van der Waals surface area contributed by atoms with Crippen molar-refractivity contribution in [3.63, 3.8) is 0 Å². The summed E-state index contributed by atoms with van der Waals surface area (Å²) in [4.78, 5) is 15.9. The fourth-order valence-corrected chi connectivity index (χ4v) is 1.61. The second-order valence-corrected chi connectivity index (χ2v) is 4.88. The third-order valence-electron chi connectivity index (χ3n) is 3.07. The first-order valence-corrected chi connectivity index (χ1v) is 6.21. The molecule has 1 aromatic rings. The van der Waals surface area contributed by atoms with E-state index in [4.69, 9.17) is 4.74 Å². The van der Waals surface area contributed by atoms with Crippen molar-refractivity contribution in [1.29, 1.82) is 0 Å². The highest BCUT2D eigenvalue weighted by molar-refractivity contribution is 5.94. The maximum Gasteiger partial charge on any atom is 0.251 e. The zero-order valence-corrected chi connectivity index (χ0v) is 9.69. The van der Waals surface area contributed by atoms with Crippen LogP contribution in [0, 0.1) is 5.92 Å². The predicted octanol–water partition coefficient (Wildman–Crippen LogP) is 1.76. The Kier molecular flexibility index (Phi) is 2.71. The van der Waals surface area contributed by atoms with E-state index in [1.54, 1.807) is 18.3 Å². The molecule has 0 saturated heterocycles. The molecule has 2 fully saturated rings. The van der Waals surface area contributed by atoms with Gasteiger partial charge in [0.2, 0.25) is 5.88 Å². The van der Waals surface area contributed by atoms with Crippen LogP contribution in [0.15, 0.2) is 18.3 Å². The SMILES string of the molecule is O=C(NC1CC1)c1ccnc(OCC2CC2)c1. The molecule has 0 bridgehead atoms. The second kappa shape index (κ2) is 4.35. The molecule has 0 aromatic carbocycles. The van der Waals surface area contributed by atoms with Crippen molar-refractivity contribution >= 4 is 5.91 Å². The van der Waals surface area contributed by atoms with Crippen molar-refractivity contribution in [1.82, 2.24) is 10.3 Å². The molecule has 1 N–H and O–H groups in total. The van der Waals surface area contributed by atoms with E-state index in [0.717, 1.165) is 19.4 Å². The number of nitrogens with zero attached hydrogens (tertiary/aromatic N) is 1. The summed E-state index contributed by atoms with van der Waals surface area (Å²) in [5.41, 5.74) is 0.637. The summed E-state index contributed by atoms with van der Waals surface area (Å²) < 4.78 is 5.55. The van der Waals surface area contributed by atoms with Gasteiger partial charge in [0.15, 0.2) is 0 Å². The molecule has 0 spiro atoms. The Morgan fingerprint density at radius 2 is 2.24 bits per heavy atom. The van der Waals surface area contributed by atoms with Crippen LogP contribution in [-0.2, 0) is 0 Å². The molecular weight excluding hydrogens is 216 g/mol. The lowest BCUT2D eigenvalue weighted by molar-refractivity contribution is 0.0950. The summed E-state index contributed by atoms with van der Waals surface area (Å²) in [5, 5.41) is 2.95. The topological polar surface area (TPSA) is 51.2 Å². The van der Waals surface area contributed by atoms with Gasteiger partial charge in [-0.25, -0.2) is 4.98 Å².